The van der Waals surface area contributed by atoms with E-state index in [9.17, 15) is 14.7 Å². The van der Waals surface area contributed by atoms with Gasteiger partial charge in [-0.05, 0) is 36.1 Å². The zero-order valence-corrected chi connectivity index (χ0v) is 15.2. The minimum Gasteiger partial charge on any atom is -0.497 e. The Morgan fingerprint density at radius 2 is 1.85 bits per heavy atom. The molecule has 5 heteroatoms. The standard InChI is InChI=1S/C21H25NO4/c1-3-21(20(24)25,17-9-5-4-6-10-17)15-22-19(23)13-12-16-8-7-11-18(14-16)26-2/h4-11,14H,3,12-13,15H2,1-2H3,(H,22,23)(H,24,25). The van der Waals surface area contributed by atoms with Crippen molar-refractivity contribution >= 4 is 11.9 Å². The summed E-state index contributed by atoms with van der Waals surface area (Å²) in [7, 11) is 1.60. The lowest BCUT2D eigenvalue weighted by molar-refractivity contribution is -0.144. The second kappa shape index (κ2) is 9.04. The molecule has 2 aromatic rings. The number of carbonyl (C=O) groups excluding carboxylic acids is 1. The maximum absolute atomic E-state index is 12.3. The number of methoxy groups -OCH3 is 1. The number of carboxylic acids is 1. The van der Waals surface area contributed by atoms with Gasteiger partial charge in [-0.25, -0.2) is 0 Å². The third-order valence-corrected chi connectivity index (χ3v) is 4.70. The van der Waals surface area contributed by atoms with Gasteiger partial charge in [0, 0.05) is 13.0 Å². The Balaban J connectivity index is 2.00. The van der Waals surface area contributed by atoms with Crippen molar-refractivity contribution in [2.45, 2.75) is 31.6 Å². The molecule has 5 nitrogen and oxygen atoms in total. The van der Waals surface area contributed by atoms with Crippen LogP contribution in [0, 0.1) is 0 Å². The zero-order chi connectivity index (χ0) is 19.0. The highest BCUT2D eigenvalue weighted by Crippen LogP contribution is 2.28. The van der Waals surface area contributed by atoms with E-state index in [1.165, 1.54) is 0 Å². The maximum atomic E-state index is 12.3. The summed E-state index contributed by atoms with van der Waals surface area (Å²) in [4.78, 5) is 24.2. The Morgan fingerprint density at radius 3 is 2.46 bits per heavy atom. The quantitative estimate of drug-likeness (QED) is 0.724. The SMILES string of the molecule is CCC(CNC(=O)CCc1cccc(OC)c1)(C(=O)O)c1ccccc1. The third kappa shape index (κ3) is 4.63. The number of nitrogens with one attached hydrogen (secondary N) is 1. The molecule has 138 valence electrons. The van der Waals surface area contributed by atoms with Crippen LogP contribution in [0.25, 0.3) is 0 Å². The lowest BCUT2D eigenvalue weighted by Crippen LogP contribution is -2.46. The van der Waals surface area contributed by atoms with Gasteiger partial charge in [-0.1, -0.05) is 49.4 Å². The predicted octanol–water partition coefficient (Wildman–Crippen LogP) is 3.18. The van der Waals surface area contributed by atoms with E-state index in [0.717, 1.165) is 11.3 Å². The Hall–Kier alpha value is -2.82. The molecule has 0 saturated carbocycles. The molecule has 0 aromatic heterocycles. The molecule has 1 atom stereocenters. The van der Waals surface area contributed by atoms with Crippen molar-refractivity contribution in [2.24, 2.45) is 0 Å². The van der Waals surface area contributed by atoms with Gasteiger partial charge in [0.25, 0.3) is 0 Å². The predicted molar refractivity (Wildman–Crippen MR) is 100 cm³/mol. The van der Waals surface area contributed by atoms with Crippen LogP contribution in [0.5, 0.6) is 5.75 Å². The van der Waals surface area contributed by atoms with Gasteiger partial charge in [0.2, 0.25) is 5.91 Å². The number of benzene rings is 2. The van der Waals surface area contributed by atoms with Crippen molar-refractivity contribution in [3.8, 4) is 5.75 Å². The first-order chi connectivity index (χ1) is 12.5. The van der Waals surface area contributed by atoms with E-state index in [1.807, 2.05) is 49.4 Å². The van der Waals surface area contributed by atoms with Gasteiger partial charge in [-0.3, -0.25) is 9.59 Å². The van der Waals surface area contributed by atoms with Crippen LogP contribution in [0.4, 0.5) is 0 Å². The van der Waals surface area contributed by atoms with Crippen LogP contribution in [-0.2, 0) is 21.4 Å². The maximum Gasteiger partial charge on any atom is 0.315 e. The van der Waals surface area contributed by atoms with E-state index in [-0.39, 0.29) is 12.5 Å². The summed E-state index contributed by atoms with van der Waals surface area (Å²) in [6.07, 6.45) is 1.25. The average Bonchev–Trinajstić information content (AvgIpc) is 2.68. The highest BCUT2D eigenvalue weighted by atomic mass is 16.5. The molecule has 2 aromatic carbocycles. The van der Waals surface area contributed by atoms with Crippen LogP contribution < -0.4 is 10.1 Å². The molecule has 26 heavy (non-hydrogen) atoms. The zero-order valence-electron chi connectivity index (χ0n) is 15.2. The van der Waals surface area contributed by atoms with Crippen LogP contribution in [0.15, 0.2) is 54.6 Å². The van der Waals surface area contributed by atoms with Gasteiger partial charge in [-0.15, -0.1) is 0 Å². The van der Waals surface area contributed by atoms with Crippen LogP contribution in [-0.4, -0.2) is 30.6 Å². The fourth-order valence-electron chi connectivity index (χ4n) is 2.96. The lowest BCUT2D eigenvalue weighted by Gasteiger charge is -2.29. The van der Waals surface area contributed by atoms with Gasteiger partial charge in [0.1, 0.15) is 11.2 Å². The topological polar surface area (TPSA) is 75.6 Å². The summed E-state index contributed by atoms with van der Waals surface area (Å²) < 4.78 is 5.18. The first kappa shape index (κ1) is 19.5. The van der Waals surface area contributed by atoms with Crippen molar-refractivity contribution in [2.75, 3.05) is 13.7 Å². The average molecular weight is 355 g/mol. The summed E-state index contributed by atoms with van der Waals surface area (Å²) in [5.41, 5.74) is 0.582. The molecular weight excluding hydrogens is 330 g/mol. The van der Waals surface area contributed by atoms with Crippen molar-refractivity contribution in [3.63, 3.8) is 0 Å². The molecule has 1 amide bonds. The molecule has 0 heterocycles. The van der Waals surface area contributed by atoms with E-state index in [4.69, 9.17) is 4.74 Å². The fourth-order valence-corrected chi connectivity index (χ4v) is 2.96. The molecular formula is C21H25NO4. The number of hydrogen-bond donors (Lipinski definition) is 2. The van der Waals surface area contributed by atoms with E-state index >= 15 is 0 Å². The van der Waals surface area contributed by atoms with E-state index in [0.29, 0.717) is 24.8 Å². The first-order valence-electron chi connectivity index (χ1n) is 8.70. The fraction of sp³-hybridized carbons (Fsp3) is 0.333. The van der Waals surface area contributed by atoms with Crippen molar-refractivity contribution in [3.05, 3.63) is 65.7 Å². The largest absolute Gasteiger partial charge is 0.497 e. The molecule has 2 N–H and O–H groups in total. The molecule has 0 aliphatic rings. The van der Waals surface area contributed by atoms with Gasteiger partial charge >= 0.3 is 5.97 Å². The molecule has 0 spiro atoms. The molecule has 0 bridgehead atoms. The van der Waals surface area contributed by atoms with E-state index in [2.05, 4.69) is 5.32 Å². The summed E-state index contributed by atoms with van der Waals surface area (Å²) >= 11 is 0. The number of amides is 1. The number of aryl methyl sites for hydroxylation is 1. The minimum absolute atomic E-state index is 0.0692. The monoisotopic (exact) mass is 355 g/mol. The molecule has 0 radical (unpaired) electrons. The molecule has 1 unspecified atom stereocenters. The van der Waals surface area contributed by atoms with Gasteiger partial charge in [0.05, 0.1) is 7.11 Å². The van der Waals surface area contributed by atoms with Gasteiger partial charge in [-0.2, -0.15) is 0 Å². The normalized spacial score (nSPS) is 12.8. The minimum atomic E-state index is -1.12. The second-order valence-corrected chi connectivity index (χ2v) is 6.24. The summed E-state index contributed by atoms with van der Waals surface area (Å²) in [6, 6.07) is 16.6. The highest BCUT2D eigenvalue weighted by molar-refractivity contribution is 5.83. The van der Waals surface area contributed by atoms with Gasteiger partial charge in [0.15, 0.2) is 0 Å². The number of carboxylic acid groups (broad SMARTS) is 1. The van der Waals surface area contributed by atoms with Crippen LogP contribution >= 0.6 is 0 Å². The third-order valence-electron chi connectivity index (χ3n) is 4.70. The van der Waals surface area contributed by atoms with Crippen LogP contribution in [0.1, 0.15) is 30.9 Å². The molecule has 2 rings (SSSR count). The van der Waals surface area contributed by atoms with Gasteiger partial charge < -0.3 is 15.2 Å². The first-order valence-corrected chi connectivity index (χ1v) is 8.70. The lowest BCUT2D eigenvalue weighted by atomic mass is 9.78. The van der Waals surface area contributed by atoms with E-state index < -0.39 is 11.4 Å². The number of hydrogen-bond acceptors (Lipinski definition) is 3. The van der Waals surface area contributed by atoms with Crippen molar-refractivity contribution in [1.29, 1.82) is 0 Å². The Bertz CT molecular complexity index is 745. The number of rotatable bonds is 9. The number of carbonyl (C=O) groups is 2. The van der Waals surface area contributed by atoms with Crippen LogP contribution in [0.2, 0.25) is 0 Å². The highest BCUT2D eigenvalue weighted by Gasteiger charge is 2.38. The molecule has 0 aliphatic heterocycles. The molecule has 0 saturated heterocycles. The molecule has 0 fully saturated rings. The van der Waals surface area contributed by atoms with E-state index in [1.54, 1.807) is 19.2 Å². The van der Waals surface area contributed by atoms with Crippen LogP contribution in [0.3, 0.4) is 0 Å². The molecule has 0 aliphatic carbocycles. The Labute approximate surface area is 154 Å². The summed E-state index contributed by atoms with van der Waals surface area (Å²) in [5, 5.41) is 12.6. The number of ether oxygens (including phenoxy) is 1. The summed E-state index contributed by atoms with van der Waals surface area (Å²) in [6.45, 7) is 1.89. The Morgan fingerprint density at radius 1 is 1.12 bits per heavy atom. The van der Waals surface area contributed by atoms with Crippen molar-refractivity contribution in [1.82, 2.24) is 5.32 Å². The number of aliphatic carboxylic acids is 1. The smallest absolute Gasteiger partial charge is 0.315 e. The van der Waals surface area contributed by atoms with Crippen molar-refractivity contribution < 1.29 is 19.4 Å². The second-order valence-electron chi connectivity index (χ2n) is 6.24. The Kier molecular flexibility index (Phi) is 6.78. The summed E-state index contributed by atoms with van der Waals surface area (Å²) in [5.74, 6) is -0.343.